The molecule has 0 amide bonds. The number of aliphatic hydroxyl groups is 1. The molecule has 4 rings (SSSR count). The van der Waals surface area contributed by atoms with Crippen LogP contribution in [0.1, 0.15) is 12.8 Å². The summed E-state index contributed by atoms with van der Waals surface area (Å²) in [5.74, 6) is 2.79. The van der Waals surface area contributed by atoms with E-state index in [1.165, 1.54) is 0 Å². The fourth-order valence-electron chi connectivity index (χ4n) is 3.61. The second-order valence-corrected chi connectivity index (χ2v) is 6.44. The first-order chi connectivity index (χ1) is 12.3. The molecule has 2 aliphatic rings. The van der Waals surface area contributed by atoms with Crippen LogP contribution < -0.4 is 14.7 Å². The van der Waals surface area contributed by atoms with Crippen LogP contribution in [0.25, 0.3) is 0 Å². The maximum absolute atomic E-state index is 9.54. The van der Waals surface area contributed by atoms with Gasteiger partial charge in [-0.1, -0.05) is 0 Å². The Morgan fingerprint density at radius 2 is 1.68 bits per heavy atom. The lowest BCUT2D eigenvalue weighted by atomic mass is 10.2. The molecule has 8 heteroatoms. The van der Waals surface area contributed by atoms with Gasteiger partial charge in [0.1, 0.15) is 23.8 Å². The Morgan fingerprint density at radius 1 is 0.920 bits per heavy atom. The van der Waals surface area contributed by atoms with Gasteiger partial charge in [0.2, 0.25) is 0 Å². The Balaban J connectivity index is 1.44. The molecule has 0 spiro atoms. The highest BCUT2D eigenvalue weighted by Gasteiger charge is 2.26. The van der Waals surface area contributed by atoms with Gasteiger partial charge in [-0.3, -0.25) is 4.98 Å². The number of aromatic nitrogens is 4. The lowest BCUT2D eigenvalue weighted by Crippen LogP contribution is -2.47. The number of anilines is 3. The topological polar surface area (TPSA) is 81.5 Å². The molecule has 0 unspecified atom stereocenters. The average molecular weight is 341 g/mol. The highest BCUT2D eigenvalue weighted by atomic mass is 16.3. The van der Waals surface area contributed by atoms with E-state index in [0.717, 1.165) is 63.0 Å². The van der Waals surface area contributed by atoms with E-state index in [4.69, 9.17) is 0 Å². The molecule has 2 aliphatic heterocycles. The first-order valence-electron chi connectivity index (χ1n) is 8.80. The minimum atomic E-state index is 0.177. The minimum absolute atomic E-state index is 0.177. The highest BCUT2D eigenvalue weighted by molar-refractivity contribution is 5.52. The van der Waals surface area contributed by atoms with Crippen molar-refractivity contribution >= 4 is 17.5 Å². The van der Waals surface area contributed by atoms with Crippen molar-refractivity contribution in [3.63, 3.8) is 0 Å². The Bertz CT molecular complexity index is 690. The summed E-state index contributed by atoms with van der Waals surface area (Å²) in [6.45, 7) is 4.67. The summed E-state index contributed by atoms with van der Waals surface area (Å²) in [5, 5.41) is 9.54. The summed E-state index contributed by atoms with van der Waals surface area (Å²) in [6, 6.07) is 2.22. The Kier molecular flexibility index (Phi) is 4.60. The predicted octanol–water partition coefficient (Wildman–Crippen LogP) is 0.554. The third kappa shape index (κ3) is 3.34. The van der Waals surface area contributed by atoms with Gasteiger partial charge in [0.15, 0.2) is 0 Å². The largest absolute Gasteiger partial charge is 0.394 e. The van der Waals surface area contributed by atoms with Gasteiger partial charge in [-0.25, -0.2) is 15.0 Å². The van der Waals surface area contributed by atoms with Gasteiger partial charge in [-0.15, -0.1) is 0 Å². The fraction of sp³-hybridized carbons (Fsp3) is 0.529. The number of hydrogen-bond acceptors (Lipinski definition) is 8. The molecule has 2 aromatic rings. The van der Waals surface area contributed by atoms with Crippen LogP contribution in [-0.4, -0.2) is 70.4 Å². The quantitative estimate of drug-likeness (QED) is 0.864. The fourth-order valence-corrected chi connectivity index (χ4v) is 3.61. The zero-order valence-corrected chi connectivity index (χ0v) is 14.2. The van der Waals surface area contributed by atoms with Gasteiger partial charge >= 0.3 is 0 Å². The molecular formula is C17H23N7O. The van der Waals surface area contributed by atoms with Crippen LogP contribution in [0, 0.1) is 0 Å². The SMILES string of the molecule is OC[C@@H]1CCCN1c1cc(N2CCN(c3cnccn3)CC2)ncn1. The zero-order valence-electron chi connectivity index (χ0n) is 14.2. The first kappa shape index (κ1) is 16.0. The van der Waals surface area contributed by atoms with Crippen LogP contribution in [0.15, 0.2) is 31.0 Å². The molecule has 0 bridgehead atoms. The van der Waals surface area contributed by atoms with Gasteiger partial charge in [-0.2, -0.15) is 0 Å². The highest BCUT2D eigenvalue weighted by Crippen LogP contribution is 2.26. The lowest BCUT2D eigenvalue weighted by molar-refractivity contribution is 0.266. The van der Waals surface area contributed by atoms with Crippen molar-refractivity contribution in [1.29, 1.82) is 0 Å². The van der Waals surface area contributed by atoms with E-state index in [1.54, 1.807) is 24.9 Å². The van der Waals surface area contributed by atoms with Crippen molar-refractivity contribution in [2.75, 3.05) is 54.0 Å². The molecule has 25 heavy (non-hydrogen) atoms. The van der Waals surface area contributed by atoms with Gasteiger partial charge in [0.05, 0.1) is 18.8 Å². The molecule has 132 valence electrons. The number of piperazine rings is 1. The Hall–Kier alpha value is -2.48. The third-order valence-corrected chi connectivity index (χ3v) is 5.00. The third-order valence-electron chi connectivity index (χ3n) is 5.00. The Morgan fingerprint density at radius 3 is 2.40 bits per heavy atom. The second kappa shape index (κ2) is 7.18. The minimum Gasteiger partial charge on any atom is -0.394 e. The van der Waals surface area contributed by atoms with Gasteiger partial charge in [0, 0.05) is 51.2 Å². The van der Waals surface area contributed by atoms with Crippen LogP contribution in [0.4, 0.5) is 17.5 Å². The first-order valence-corrected chi connectivity index (χ1v) is 8.80. The molecule has 0 aliphatic carbocycles. The van der Waals surface area contributed by atoms with Crippen LogP contribution in [0.5, 0.6) is 0 Å². The van der Waals surface area contributed by atoms with Crippen molar-refractivity contribution in [2.24, 2.45) is 0 Å². The molecule has 1 atom stereocenters. The summed E-state index contributed by atoms with van der Waals surface area (Å²) in [4.78, 5) is 24.1. The predicted molar refractivity (Wildman–Crippen MR) is 95.9 cm³/mol. The van der Waals surface area contributed by atoms with E-state index >= 15 is 0 Å². The van der Waals surface area contributed by atoms with E-state index < -0.39 is 0 Å². The van der Waals surface area contributed by atoms with E-state index in [-0.39, 0.29) is 12.6 Å². The van der Waals surface area contributed by atoms with E-state index in [1.807, 2.05) is 6.07 Å². The summed E-state index contributed by atoms with van der Waals surface area (Å²) >= 11 is 0. The number of hydrogen-bond donors (Lipinski definition) is 1. The van der Waals surface area contributed by atoms with Crippen LogP contribution in [0.2, 0.25) is 0 Å². The van der Waals surface area contributed by atoms with Crippen molar-refractivity contribution in [2.45, 2.75) is 18.9 Å². The summed E-state index contributed by atoms with van der Waals surface area (Å²) in [5.41, 5.74) is 0. The number of rotatable bonds is 4. The molecule has 4 heterocycles. The van der Waals surface area contributed by atoms with Gasteiger partial charge < -0.3 is 19.8 Å². The van der Waals surface area contributed by atoms with E-state index in [9.17, 15) is 5.11 Å². The van der Waals surface area contributed by atoms with E-state index in [0.29, 0.717) is 0 Å². The number of aliphatic hydroxyl groups excluding tert-OH is 1. The summed E-state index contributed by atoms with van der Waals surface area (Å²) in [6.07, 6.45) is 8.98. The molecule has 2 saturated heterocycles. The molecule has 2 fully saturated rings. The van der Waals surface area contributed by atoms with Crippen molar-refractivity contribution < 1.29 is 5.11 Å². The molecule has 0 saturated carbocycles. The number of nitrogens with zero attached hydrogens (tertiary/aromatic N) is 7. The lowest BCUT2D eigenvalue weighted by Gasteiger charge is -2.36. The monoisotopic (exact) mass is 341 g/mol. The molecule has 2 aromatic heterocycles. The Labute approximate surface area is 147 Å². The standard InChI is InChI=1S/C17H23N7O/c25-12-14-2-1-5-24(14)16-10-15(20-13-21-16)22-6-8-23(9-7-22)17-11-18-3-4-19-17/h3-4,10-11,13-14,25H,1-2,5-9,12H2/t14-/m0/s1. The van der Waals surface area contributed by atoms with Gasteiger partial charge in [-0.05, 0) is 12.8 Å². The maximum atomic E-state index is 9.54. The summed E-state index contributed by atoms with van der Waals surface area (Å²) in [7, 11) is 0. The maximum Gasteiger partial charge on any atom is 0.147 e. The molecule has 0 aromatic carbocycles. The smallest absolute Gasteiger partial charge is 0.147 e. The van der Waals surface area contributed by atoms with Crippen molar-refractivity contribution in [1.82, 2.24) is 19.9 Å². The van der Waals surface area contributed by atoms with E-state index in [2.05, 4.69) is 34.6 Å². The molecule has 0 radical (unpaired) electrons. The summed E-state index contributed by atoms with van der Waals surface area (Å²) < 4.78 is 0. The molecular weight excluding hydrogens is 318 g/mol. The van der Waals surface area contributed by atoms with Crippen molar-refractivity contribution in [3.05, 3.63) is 31.0 Å². The second-order valence-electron chi connectivity index (χ2n) is 6.44. The van der Waals surface area contributed by atoms with Crippen LogP contribution in [0.3, 0.4) is 0 Å². The van der Waals surface area contributed by atoms with Gasteiger partial charge in [0.25, 0.3) is 0 Å². The van der Waals surface area contributed by atoms with Crippen LogP contribution in [-0.2, 0) is 0 Å². The molecule has 8 nitrogen and oxygen atoms in total. The zero-order chi connectivity index (χ0) is 17.1. The van der Waals surface area contributed by atoms with Crippen LogP contribution >= 0.6 is 0 Å². The van der Waals surface area contributed by atoms with Crippen molar-refractivity contribution in [3.8, 4) is 0 Å². The normalized spacial score (nSPS) is 21.0. The molecule has 1 N–H and O–H groups in total. The average Bonchev–Trinajstić information content (AvgIpc) is 3.18.